The van der Waals surface area contributed by atoms with Gasteiger partial charge in [0, 0.05) is 39.6 Å². The molecule has 0 aliphatic carbocycles. The van der Waals surface area contributed by atoms with E-state index in [1.165, 1.54) is 22.2 Å². The topological polar surface area (TPSA) is 17.8 Å². The fourth-order valence-electron chi connectivity index (χ4n) is 3.08. The molecular formula is C19H15ClN2. The minimum Gasteiger partial charge on any atom is -0.347 e. The van der Waals surface area contributed by atoms with Crippen molar-refractivity contribution in [1.29, 1.82) is 0 Å². The Morgan fingerprint density at radius 1 is 1.00 bits per heavy atom. The van der Waals surface area contributed by atoms with E-state index in [1.807, 2.05) is 18.2 Å². The summed E-state index contributed by atoms with van der Waals surface area (Å²) in [6.07, 6.45) is 0. The summed E-state index contributed by atoms with van der Waals surface area (Å²) in [5.41, 5.74) is 5.63. The van der Waals surface area contributed by atoms with Crippen LogP contribution in [0.15, 0.2) is 54.6 Å². The molecule has 0 unspecified atom stereocenters. The fraction of sp³-hybridized carbons (Fsp3) is 0.105. The van der Waals surface area contributed by atoms with Gasteiger partial charge in [0.25, 0.3) is 0 Å². The zero-order valence-electron chi connectivity index (χ0n) is 12.5. The fourth-order valence-corrected chi connectivity index (χ4v) is 3.26. The molecule has 0 fully saturated rings. The van der Waals surface area contributed by atoms with Crippen molar-refractivity contribution in [1.82, 2.24) is 9.55 Å². The number of aromatic nitrogens is 2. The highest BCUT2D eigenvalue weighted by atomic mass is 35.5. The third-order valence-corrected chi connectivity index (χ3v) is 4.54. The molecule has 0 atom stereocenters. The first-order chi connectivity index (χ1) is 10.6. The van der Waals surface area contributed by atoms with Crippen molar-refractivity contribution in [2.45, 2.75) is 6.92 Å². The molecule has 0 bridgehead atoms. The second-order valence-corrected chi connectivity index (χ2v) is 6.01. The maximum absolute atomic E-state index is 6.05. The number of benzene rings is 2. The van der Waals surface area contributed by atoms with Gasteiger partial charge in [-0.15, -0.1) is 0 Å². The minimum atomic E-state index is 0.739. The highest BCUT2D eigenvalue weighted by Crippen LogP contribution is 2.33. The lowest BCUT2D eigenvalue weighted by molar-refractivity contribution is 0.919. The molecule has 4 rings (SSSR count). The zero-order valence-corrected chi connectivity index (χ0v) is 13.2. The van der Waals surface area contributed by atoms with E-state index in [0.29, 0.717) is 0 Å². The normalized spacial score (nSPS) is 11.4. The molecule has 0 radical (unpaired) electrons. The van der Waals surface area contributed by atoms with Gasteiger partial charge < -0.3 is 4.57 Å². The van der Waals surface area contributed by atoms with Crippen LogP contribution in [0.2, 0.25) is 5.02 Å². The van der Waals surface area contributed by atoms with Crippen molar-refractivity contribution in [2.24, 2.45) is 7.05 Å². The Balaban J connectivity index is 2.03. The van der Waals surface area contributed by atoms with E-state index < -0.39 is 0 Å². The summed E-state index contributed by atoms with van der Waals surface area (Å²) in [5.74, 6) is 0. The molecule has 108 valence electrons. The van der Waals surface area contributed by atoms with Crippen molar-refractivity contribution in [3.05, 3.63) is 65.3 Å². The Labute approximate surface area is 134 Å². The van der Waals surface area contributed by atoms with Gasteiger partial charge in [-0.1, -0.05) is 35.9 Å². The summed E-state index contributed by atoms with van der Waals surface area (Å²) >= 11 is 6.05. The van der Waals surface area contributed by atoms with Crippen LogP contribution >= 0.6 is 11.6 Å². The van der Waals surface area contributed by atoms with Crippen LogP contribution in [0, 0.1) is 6.92 Å². The van der Waals surface area contributed by atoms with Crippen LogP contribution in [-0.4, -0.2) is 9.55 Å². The van der Waals surface area contributed by atoms with Crippen molar-refractivity contribution < 1.29 is 0 Å². The predicted octanol–water partition coefficient (Wildman–Crippen LogP) is 5.36. The maximum Gasteiger partial charge on any atom is 0.0734 e. The molecule has 0 aliphatic rings. The average molecular weight is 307 g/mol. The van der Waals surface area contributed by atoms with E-state index in [1.54, 1.807) is 0 Å². The Morgan fingerprint density at radius 3 is 2.68 bits per heavy atom. The highest BCUT2D eigenvalue weighted by molar-refractivity contribution is 6.31. The number of aryl methyl sites for hydroxylation is 1. The first-order valence-electron chi connectivity index (χ1n) is 7.26. The lowest BCUT2D eigenvalue weighted by Crippen LogP contribution is -1.91. The highest BCUT2D eigenvalue weighted by Gasteiger charge is 2.14. The summed E-state index contributed by atoms with van der Waals surface area (Å²) in [6, 6.07) is 18.4. The number of rotatable bonds is 1. The largest absolute Gasteiger partial charge is 0.347 e. The molecule has 2 aromatic carbocycles. The van der Waals surface area contributed by atoms with Crippen LogP contribution in [0.1, 0.15) is 5.69 Å². The number of fused-ring (bicyclic) bond motifs is 2. The summed E-state index contributed by atoms with van der Waals surface area (Å²) in [6.45, 7) is 2.14. The SMILES string of the molecule is Cc1c(-c2ccc3cc(Cl)ccc3n2)c2ccccc2n1C. The quantitative estimate of drug-likeness (QED) is 0.463. The second kappa shape index (κ2) is 4.85. The molecular weight excluding hydrogens is 292 g/mol. The lowest BCUT2D eigenvalue weighted by Gasteiger charge is -2.05. The zero-order chi connectivity index (χ0) is 15.3. The van der Waals surface area contributed by atoms with Gasteiger partial charge in [-0.25, -0.2) is 4.98 Å². The third kappa shape index (κ3) is 1.92. The van der Waals surface area contributed by atoms with Crippen LogP contribution in [0.4, 0.5) is 0 Å². The summed E-state index contributed by atoms with van der Waals surface area (Å²) in [5, 5.41) is 3.04. The van der Waals surface area contributed by atoms with E-state index in [0.717, 1.165) is 21.6 Å². The molecule has 0 saturated heterocycles. The van der Waals surface area contributed by atoms with Crippen molar-refractivity contribution in [3.63, 3.8) is 0 Å². The van der Waals surface area contributed by atoms with Crippen LogP contribution in [0.5, 0.6) is 0 Å². The van der Waals surface area contributed by atoms with Crippen molar-refractivity contribution in [2.75, 3.05) is 0 Å². The third-order valence-electron chi connectivity index (χ3n) is 4.31. The Bertz CT molecular complexity index is 1010. The molecule has 0 N–H and O–H groups in total. The van der Waals surface area contributed by atoms with Gasteiger partial charge in [0.1, 0.15) is 0 Å². The second-order valence-electron chi connectivity index (χ2n) is 5.57. The van der Waals surface area contributed by atoms with Crippen LogP contribution in [0.3, 0.4) is 0 Å². The van der Waals surface area contributed by atoms with E-state index in [-0.39, 0.29) is 0 Å². The number of nitrogens with zero attached hydrogens (tertiary/aromatic N) is 2. The molecule has 4 aromatic rings. The average Bonchev–Trinajstić information content (AvgIpc) is 2.79. The van der Waals surface area contributed by atoms with Gasteiger partial charge in [0.15, 0.2) is 0 Å². The number of pyridine rings is 1. The molecule has 0 aliphatic heterocycles. The first-order valence-corrected chi connectivity index (χ1v) is 7.63. The van der Waals surface area contributed by atoms with E-state index >= 15 is 0 Å². The summed E-state index contributed by atoms with van der Waals surface area (Å²) in [7, 11) is 2.10. The molecule has 0 saturated carbocycles. The monoisotopic (exact) mass is 306 g/mol. The minimum absolute atomic E-state index is 0.739. The molecule has 0 amide bonds. The van der Waals surface area contributed by atoms with E-state index in [4.69, 9.17) is 16.6 Å². The molecule has 3 heteroatoms. The van der Waals surface area contributed by atoms with Crippen molar-refractivity contribution >= 4 is 33.4 Å². The molecule has 22 heavy (non-hydrogen) atoms. The number of para-hydroxylation sites is 1. The molecule has 2 nitrogen and oxygen atoms in total. The van der Waals surface area contributed by atoms with Gasteiger partial charge in [0.2, 0.25) is 0 Å². The summed E-state index contributed by atoms with van der Waals surface area (Å²) < 4.78 is 2.22. The van der Waals surface area contributed by atoms with Crippen LogP contribution < -0.4 is 0 Å². The Kier molecular flexibility index (Phi) is 2.95. The Hall–Kier alpha value is -2.32. The van der Waals surface area contributed by atoms with E-state index in [2.05, 4.69) is 54.9 Å². The van der Waals surface area contributed by atoms with E-state index in [9.17, 15) is 0 Å². The van der Waals surface area contributed by atoms with Crippen molar-refractivity contribution in [3.8, 4) is 11.3 Å². The Morgan fingerprint density at radius 2 is 1.82 bits per heavy atom. The van der Waals surface area contributed by atoms with Gasteiger partial charge >= 0.3 is 0 Å². The maximum atomic E-state index is 6.05. The number of hydrogen-bond acceptors (Lipinski definition) is 1. The van der Waals surface area contributed by atoms with Gasteiger partial charge in [-0.05, 0) is 37.3 Å². The predicted molar refractivity (Wildman–Crippen MR) is 93.4 cm³/mol. The standard InChI is InChI=1S/C19H15ClN2/c1-12-19(15-5-3-4-6-18(15)22(12)2)17-9-7-13-11-14(20)8-10-16(13)21-17/h3-11H,1-2H3. The lowest BCUT2D eigenvalue weighted by atomic mass is 10.1. The smallest absolute Gasteiger partial charge is 0.0734 e. The van der Waals surface area contributed by atoms with Gasteiger partial charge in [-0.3, -0.25) is 0 Å². The number of hydrogen-bond donors (Lipinski definition) is 0. The molecule has 0 spiro atoms. The van der Waals surface area contributed by atoms with Crippen LogP contribution in [0.25, 0.3) is 33.1 Å². The summed E-state index contributed by atoms with van der Waals surface area (Å²) in [4.78, 5) is 4.84. The van der Waals surface area contributed by atoms with Gasteiger partial charge in [0.05, 0.1) is 11.2 Å². The molecule has 2 aromatic heterocycles. The molecule has 2 heterocycles. The number of halogens is 1. The van der Waals surface area contributed by atoms with Crippen LogP contribution in [-0.2, 0) is 7.05 Å². The van der Waals surface area contributed by atoms with Gasteiger partial charge in [-0.2, -0.15) is 0 Å². The first kappa shape index (κ1) is 13.4.